The Morgan fingerprint density at radius 3 is 2.82 bits per heavy atom. The molecule has 5 heteroatoms. The maximum absolute atomic E-state index is 5.97. The molecule has 1 aliphatic rings. The summed E-state index contributed by atoms with van der Waals surface area (Å²) in [6, 6.07) is 4.61. The summed E-state index contributed by atoms with van der Waals surface area (Å²) in [6.07, 6.45) is 2.41. The van der Waals surface area contributed by atoms with Gasteiger partial charge in [0.1, 0.15) is 5.82 Å². The van der Waals surface area contributed by atoms with Crippen LogP contribution in [0.2, 0.25) is 5.28 Å². The molecular weight excluding hydrogens is 302 g/mol. The SMILES string of the molecule is Cc1cc(Br)cc2c(NC3CC3)nc(Cl)nc12. The molecule has 0 amide bonds. The number of aromatic nitrogens is 2. The minimum atomic E-state index is 0.297. The smallest absolute Gasteiger partial charge is 0.224 e. The zero-order valence-electron chi connectivity index (χ0n) is 9.30. The first-order chi connectivity index (χ1) is 8.13. The lowest BCUT2D eigenvalue weighted by Crippen LogP contribution is -2.05. The number of nitrogens with one attached hydrogen (secondary N) is 1. The van der Waals surface area contributed by atoms with Gasteiger partial charge in [-0.2, -0.15) is 0 Å². The van der Waals surface area contributed by atoms with Crippen LogP contribution >= 0.6 is 27.5 Å². The normalized spacial score (nSPS) is 15.2. The highest BCUT2D eigenvalue weighted by atomic mass is 79.9. The summed E-state index contributed by atoms with van der Waals surface area (Å²) < 4.78 is 1.03. The van der Waals surface area contributed by atoms with E-state index in [-0.39, 0.29) is 0 Å². The van der Waals surface area contributed by atoms with Crippen LogP contribution in [0.5, 0.6) is 0 Å². The standard InChI is InChI=1S/C12H11BrClN3/c1-6-4-7(13)5-9-10(6)16-12(14)17-11(9)15-8-2-3-8/h4-5,8H,2-3H2,1H3,(H,15,16,17). The van der Waals surface area contributed by atoms with Crippen LogP contribution in [0.3, 0.4) is 0 Å². The maximum atomic E-state index is 5.97. The van der Waals surface area contributed by atoms with E-state index in [1.54, 1.807) is 0 Å². The number of aryl methyl sites for hydroxylation is 1. The third-order valence-electron chi connectivity index (χ3n) is 2.85. The molecule has 1 aromatic heterocycles. The van der Waals surface area contributed by atoms with Crippen molar-refractivity contribution in [3.63, 3.8) is 0 Å². The summed E-state index contributed by atoms with van der Waals surface area (Å²) in [5, 5.41) is 4.72. The van der Waals surface area contributed by atoms with Crippen LogP contribution < -0.4 is 5.32 Å². The van der Waals surface area contributed by atoms with Crippen LogP contribution in [0.4, 0.5) is 5.82 Å². The number of rotatable bonds is 2. The molecule has 1 heterocycles. The van der Waals surface area contributed by atoms with Crippen molar-refractivity contribution in [1.82, 2.24) is 9.97 Å². The van der Waals surface area contributed by atoms with Gasteiger partial charge in [-0.05, 0) is 49.1 Å². The van der Waals surface area contributed by atoms with Crippen molar-refractivity contribution in [2.45, 2.75) is 25.8 Å². The van der Waals surface area contributed by atoms with Crippen LogP contribution in [-0.2, 0) is 0 Å². The zero-order valence-corrected chi connectivity index (χ0v) is 11.6. The topological polar surface area (TPSA) is 37.8 Å². The monoisotopic (exact) mass is 311 g/mol. The first-order valence-corrected chi connectivity index (χ1v) is 6.70. The Morgan fingerprint density at radius 2 is 2.12 bits per heavy atom. The van der Waals surface area contributed by atoms with Gasteiger partial charge in [0.25, 0.3) is 0 Å². The van der Waals surface area contributed by atoms with Crippen LogP contribution in [-0.4, -0.2) is 16.0 Å². The van der Waals surface area contributed by atoms with Gasteiger partial charge in [0.05, 0.1) is 5.52 Å². The van der Waals surface area contributed by atoms with Crippen LogP contribution in [0.15, 0.2) is 16.6 Å². The van der Waals surface area contributed by atoms with E-state index in [2.05, 4.69) is 31.2 Å². The van der Waals surface area contributed by atoms with Gasteiger partial charge < -0.3 is 5.32 Å². The van der Waals surface area contributed by atoms with Gasteiger partial charge in [-0.25, -0.2) is 9.97 Å². The Hall–Kier alpha value is -0.870. The van der Waals surface area contributed by atoms with E-state index in [0.717, 1.165) is 26.8 Å². The average Bonchev–Trinajstić information content (AvgIpc) is 3.04. The molecule has 0 radical (unpaired) electrons. The lowest BCUT2D eigenvalue weighted by Gasteiger charge is -2.10. The summed E-state index contributed by atoms with van der Waals surface area (Å²) in [7, 11) is 0. The molecule has 17 heavy (non-hydrogen) atoms. The second-order valence-corrected chi connectivity index (χ2v) is 5.63. The van der Waals surface area contributed by atoms with Crippen molar-refractivity contribution in [2.24, 2.45) is 0 Å². The van der Waals surface area contributed by atoms with Gasteiger partial charge in [-0.15, -0.1) is 0 Å². The van der Waals surface area contributed by atoms with Crippen molar-refractivity contribution in [3.05, 3.63) is 27.5 Å². The first kappa shape index (κ1) is 11.2. The number of nitrogens with zero attached hydrogens (tertiary/aromatic N) is 2. The summed E-state index contributed by atoms with van der Waals surface area (Å²) in [6.45, 7) is 2.03. The van der Waals surface area contributed by atoms with E-state index in [1.807, 2.05) is 19.1 Å². The number of halogens is 2. The molecule has 1 aliphatic carbocycles. The lowest BCUT2D eigenvalue weighted by molar-refractivity contribution is 1.10. The Morgan fingerprint density at radius 1 is 1.35 bits per heavy atom. The van der Waals surface area contributed by atoms with E-state index in [9.17, 15) is 0 Å². The number of fused-ring (bicyclic) bond motifs is 1. The Labute approximate surface area is 113 Å². The van der Waals surface area contributed by atoms with Gasteiger partial charge >= 0.3 is 0 Å². The molecule has 88 valence electrons. The van der Waals surface area contributed by atoms with Gasteiger partial charge in [-0.1, -0.05) is 15.9 Å². The maximum Gasteiger partial charge on any atom is 0.224 e. The van der Waals surface area contributed by atoms with Crippen LogP contribution in [0, 0.1) is 6.92 Å². The highest BCUT2D eigenvalue weighted by Crippen LogP contribution is 2.31. The zero-order chi connectivity index (χ0) is 12.0. The fourth-order valence-electron chi connectivity index (χ4n) is 1.87. The predicted octanol–water partition coefficient (Wildman–Crippen LogP) is 3.93. The van der Waals surface area contributed by atoms with Crippen molar-refractivity contribution in [2.75, 3.05) is 5.32 Å². The van der Waals surface area contributed by atoms with Crippen molar-refractivity contribution >= 4 is 44.3 Å². The number of hydrogen-bond donors (Lipinski definition) is 1. The van der Waals surface area contributed by atoms with Gasteiger partial charge in [0, 0.05) is 15.9 Å². The fraction of sp³-hybridized carbons (Fsp3) is 0.333. The summed E-state index contributed by atoms with van der Waals surface area (Å²) in [5.74, 6) is 0.840. The third-order valence-corrected chi connectivity index (χ3v) is 3.47. The first-order valence-electron chi connectivity index (χ1n) is 5.53. The Bertz CT molecular complexity index is 596. The fourth-order valence-corrected chi connectivity index (χ4v) is 2.61. The van der Waals surface area contributed by atoms with E-state index < -0.39 is 0 Å². The van der Waals surface area contributed by atoms with E-state index in [0.29, 0.717) is 11.3 Å². The Balaban J connectivity index is 2.24. The largest absolute Gasteiger partial charge is 0.367 e. The molecular formula is C12H11BrClN3. The van der Waals surface area contributed by atoms with Gasteiger partial charge in [-0.3, -0.25) is 0 Å². The predicted molar refractivity (Wildman–Crippen MR) is 73.6 cm³/mol. The number of anilines is 1. The minimum absolute atomic E-state index is 0.297. The molecule has 0 aliphatic heterocycles. The molecule has 2 aromatic rings. The molecule has 1 aromatic carbocycles. The number of hydrogen-bond acceptors (Lipinski definition) is 3. The van der Waals surface area contributed by atoms with Gasteiger partial charge in [0.15, 0.2) is 0 Å². The molecule has 0 atom stereocenters. The molecule has 0 bridgehead atoms. The highest BCUT2D eigenvalue weighted by Gasteiger charge is 2.23. The molecule has 1 fully saturated rings. The molecule has 3 nitrogen and oxygen atoms in total. The van der Waals surface area contributed by atoms with Crippen LogP contribution in [0.1, 0.15) is 18.4 Å². The molecule has 1 saturated carbocycles. The Kier molecular flexibility index (Phi) is 2.71. The highest BCUT2D eigenvalue weighted by molar-refractivity contribution is 9.10. The summed E-state index contributed by atoms with van der Waals surface area (Å²) in [5.41, 5.74) is 2.01. The van der Waals surface area contributed by atoms with E-state index >= 15 is 0 Å². The molecule has 0 unspecified atom stereocenters. The average molecular weight is 313 g/mol. The number of benzene rings is 1. The van der Waals surface area contributed by atoms with E-state index in [1.165, 1.54) is 12.8 Å². The molecule has 1 N–H and O–H groups in total. The minimum Gasteiger partial charge on any atom is -0.367 e. The molecule has 3 rings (SSSR count). The second-order valence-electron chi connectivity index (χ2n) is 4.38. The quantitative estimate of drug-likeness (QED) is 0.854. The van der Waals surface area contributed by atoms with Crippen molar-refractivity contribution in [3.8, 4) is 0 Å². The van der Waals surface area contributed by atoms with Crippen LogP contribution in [0.25, 0.3) is 10.9 Å². The summed E-state index contributed by atoms with van der Waals surface area (Å²) >= 11 is 9.47. The molecule has 0 spiro atoms. The van der Waals surface area contributed by atoms with Crippen molar-refractivity contribution in [1.29, 1.82) is 0 Å². The second kappa shape index (κ2) is 4.10. The molecule has 0 saturated heterocycles. The van der Waals surface area contributed by atoms with Crippen molar-refractivity contribution < 1.29 is 0 Å². The lowest BCUT2D eigenvalue weighted by atomic mass is 10.1. The van der Waals surface area contributed by atoms with E-state index in [4.69, 9.17) is 11.6 Å². The third kappa shape index (κ3) is 2.24. The van der Waals surface area contributed by atoms with Gasteiger partial charge in [0.2, 0.25) is 5.28 Å². The summed E-state index contributed by atoms with van der Waals surface area (Å²) in [4.78, 5) is 8.58.